The monoisotopic (exact) mass is 670 g/mol. The molecule has 0 spiro atoms. The first-order valence-corrected chi connectivity index (χ1v) is 12.4. The summed E-state index contributed by atoms with van der Waals surface area (Å²) in [6, 6.07) is 13.3. The van der Waals surface area contributed by atoms with Crippen LogP contribution in [0.5, 0.6) is 0 Å². The molecule has 3 aromatic rings. The third-order valence-corrected chi connectivity index (χ3v) is 5.93. The van der Waals surface area contributed by atoms with Gasteiger partial charge in [0.2, 0.25) is 0 Å². The second-order valence-electron chi connectivity index (χ2n) is 5.65. The predicted molar refractivity (Wildman–Crippen MR) is 103 cm³/mol. The van der Waals surface area contributed by atoms with Crippen LogP contribution in [0, 0.1) is 57.8 Å². The van der Waals surface area contributed by atoms with Crippen LogP contribution in [0.15, 0.2) is 87.5 Å². The van der Waals surface area contributed by atoms with Crippen molar-refractivity contribution < 1.29 is 92.5 Å². The van der Waals surface area contributed by atoms with E-state index in [0.717, 1.165) is 36.4 Å². The van der Waals surface area contributed by atoms with E-state index in [1.165, 1.54) is 36.4 Å². The molecule has 0 saturated heterocycles. The Morgan fingerprint density at radius 1 is 0.441 bits per heavy atom. The zero-order valence-corrected chi connectivity index (χ0v) is 21.7. The molecule has 3 aromatic carbocycles. The van der Waals surface area contributed by atoms with Crippen LogP contribution in [0.3, 0.4) is 0 Å². The van der Waals surface area contributed by atoms with Crippen LogP contribution in [-0.2, 0) is 30.4 Å². The number of benzene rings is 3. The molecule has 16 heteroatoms. The molecule has 0 bridgehead atoms. The third-order valence-electron chi connectivity index (χ3n) is 3.32. The number of halogens is 3. The summed E-state index contributed by atoms with van der Waals surface area (Å²) < 4.78 is 130. The Hall–Kier alpha value is -1.48. The molecule has 0 amide bonds. The largest absolute Gasteiger partial charge is 0.744 e. The zero-order valence-electron chi connectivity index (χ0n) is 16.4. The summed E-state index contributed by atoms with van der Waals surface area (Å²) in [5, 5.41) is 0. The SMILES string of the molecule is O=S(=O)([O-])c1ccccc1F.O=S(=O)([O-])c1ccccc1F.O=S(=O)([O-])c1ccccc1F.[Pm]. The topological polar surface area (TPSA) is 172 Å². The summed E-state index contributed by atoms with van der Waals surface area (Å²) in [5.74, 6) is -3.03. The minimum absolute atomic E-state index is 0. The average Bonchev–Trinajstić information content (AvgIpc) is 2.67. The van der Waals surface area contributed by atoms with Gasteiger partial charge in [0, 0.05) is 40.4 Å². The van der Waals surface area contributed by atoms with Gasteiger partial charge >= 0.3 is 0 Å². The zero-order chi connectivity index (χ0) is 25.4. The maximum absolute atomic E-state index is 12.5. The molecule has 0 N–H and O–H groups in total. The van der Waals surface area contributed by atoms with Crippen molar-refractivity contribution >= 4 is 30.4 Å². The summed E-state index contributed by atoms with van der Waals surface area (Å²) in [6.07, 6.45) is 0. The maximum Gasteiger partial charge on any atom is 0.140 e. The summed E-state index contributed by atoms with van der Waals surface area (Å²) in [6.45, 7) is 0. The molecule has 0 aromatic heterocycles. The van der Waals surface area contributed by atoms with E-state index >= 15 is 0 Å². The Morgan fingerprint density at radius 3 is 0.735 bits per heavy atom. The second kappa shape index (κ2) is 13.6. The van der Waals surface area contributed by atoms with Crippen molar-refractivity contribution in [2.45, 2.75) is 14.7 Å². The Kier molecular flexibility index (Phi) is 13.0. The summed E-state index contributed by atoms with van der Waals surface area (Å²) in [7, 11) is -14.0. The van der Waals surface area contributed by atoms with Gasteiger partial charge in [-0.1, -0.05) is 36.4 Å². The molecule has 34 heavy (non-hydrogen) atoms. The van der Waals surface area contributed by atoms with Gasteiger partial charge in [-0.3, -0.25) is 0 Å². The maximum atomic E-state index is 12.5. The van der Waals surface area contributed by atoms with Crippen LogP contribution in [-0.4, -0.2) is 38.9 Å². The number of hydrogen-bond acceptors (Lipinski definition) is 9. The van der Waals surface area contributed by atoms with Crippen molar-refractivity contribution in [1.82, 2.24) is 0 Å². The normalized spacial score (nSPS) is 11.1. The molecule has 0 saturated carbocycles. The first kappa shape index (κ1) is 32.5. The van der Waals surface area contributed by atoms with E-state index in [-0.39, 0.29) is 40.4 Å². The van der Waals surface area contributed by atoms with Gasteiger partial charge in [0.1, 0.15) is 47.8 Å². The van der Waals surface area contributed by atoms with Gasteiger partial charge in [0.15, 0.2) is 0 Å². The Balaban J connectivity index is 0.000000473. The molecule has 0 unspecified atom stereocenters. The van der Waals surface area contributed by atoms with Crippen LogP contribution < -0.4 is 0 Å². The molecule has 0 heterocycles. The van der Waals surface area contributed by atoms with Gasteiger partial charge in [-0.05, 0) is 36.4 Å². The van der Waals surface area contributed by atoms with Crippen molar-refractivity contribution in [3.8, 4) is 0 Å². The van der Waals surface area contributed by atoms with Crippen LogP contribution in [0.1, 0.15) is 0 Å². The molecule has 185 valence electrons. The molecule has 3 rings (SSSR count). The van der Waals surface area contributed by atoms with Gasteiger partial charge < -0.3 is 13.7 Å². The first-order chi connectivity index (χ1) is 15.0. The van der Waals surface area contributed by atoms with E-state index in [1.54, 1.807) is 0 Å². The average molecular weight is 670 g/mol. The van der Waals surface area contributed by atoms with Crippen molar-refractivity contribution in [3.63, 3.8) is 0 Å². The van der Waals surface area contributed by atoms with Crippen LogP contribution >= 0.6 is 0 Å². The van der Waals surface area contributed by atoms with E-state index in [9.17, 15) is 52.1 Å². The first-order valence-electron chi connectivity index (χ1n) is 8.16. The van der Waals surface area contributed by atoms with Crippen molar-refractivity contribution in [1.29, 1.82) is 0 Å². The minimum Gasteiger partial charge on any atom is -0.744 e. The number of hydrogen-bond donors (Lipinski definition) is 0. The third kappa shape index (κ3) is 10.8. The van der Waals surface area contributed by atoms with Crippen LogP contribution in [0.4, 0.5) is 13.2 Å². The smallest absolute Gasteiger partial charge is 0.140 e. The van der Waals surface area contributed by atoms with Crippen LogP contribution in [0.25, 0.3) is 0 Å². The fourth-order valence-corrected chi connectivity index (χ4v) is 3.60. The Labute approximate surface area is 226 Å². The van der Waals surface area contributed by atoms with E-state index in [4.69, 9.17) is 0 Å². The molecule has 0 aliphatic carbocycles. The predicted octanol–water partition coefficient (Wildman–Crippen LogP) is 2.19. The van der Waals surface area contributed by atoms with E-state index < -0.39 is 62.5 Å². The van der Waals surface area contributed by atoms with E-state index in [0.29, 0.717) is 0 Å². The van der Waals surface area contributed by atoms with E-state index in [1.807, 2.05) is 0 Å². The van der Waals surface area contributed by atoms with Gasteiger partial charge in [0.25, 0.3) is 0 Å². The Bertz CT molecular complexity index is 1250. The van der Waals surface area contributed by atoms with Gasteiger partial charge in [0.05, 0.1) is 14.7 Å². The van der Waals surface area contributed by atoms with Gasteiger partial charge in [-0.2, -0.15) is 0 Å². The minimum atomic E-state index is -4.66. The molecular weight excluding hydrogens is 658 g/mol. The molecule has 0 aliphatic rings. The van der Waals surface area contributed by atoms with Crippen LogP contribution in [0.2, 0.25) is 0 Å². The summed E-state index contributed by atoms with van der Waals surface area (Å²) in [5.41, 5.74) is 0. The molecule has 1 radical (unpaired) electrons. The number of rotatable bonds is 3. The molecule has 0 fully saturated rings. The summed E-state index contributed by atoms with van der Waals surface area (Å²) in [4.78, 5) is -2.42. The molecule has 0 aliphatic heterocycles. The van der Waals surface area contributed by atoms with Crippen molar-refractivity contribution in [2.75, 3.05) is 0 Å². The fraction of sp³-hybridized carbons (Fsp3) is 0. The molecule has 9 nitrogen and oxygen atoms in total. The quantitative estimate of drug-likeness (QED) is 0.379. The second-order valence-corrected chi connectivity index (χ2v) is 9.70. The Morgan fingerprint density at radius 2 is 0.618 bits per heavy atom. The van der Waals surface area contributed by atoms with E-state index in [2.05, 4.69) is 0 Å². The van der Waals surface area contributed by atoms with Gasteiger partial charge in [-0.15, -0.1) is 0 Å². The summed E-state index contributed by atoms with van der Waals surface area (Å²) >= 11 is 0. The molecular formula is C18H12F3O9PmS3-3. The fourth-order valence-electron chi connectivity index (χ4n) is 1.94. The van der Waals surface area contributed by atoms with Crippen molar-refractivity contribution in [2.24, 2.45) is 0 Å². The standard InChI is InChI=1S/3C6H5FO3S.Pm/c3*7-5-3-1-2-4-6(5)11(8,9)10;/h3*1-4H,(H,8,9,10);/p-3. The van der Waals surface area contributed by atoms with Gasteiger partial charge in [-0.25, -0.2) is 38.4 Å². The van der Waals surface area contributed by atoms with Crippen molar-refractivity contribution in [3.05, 3.63) is 90.2 Å². The molecule has 0 atom stereocenters.